The fourth-order valence-corrected chi connectivity index (χ4v) is 1.52. The SMILES string of the molecule is COCc1cccc(C(=O)c2nnnn2C)c1. The smallest absolute Gasteiger partial charge is 0.231 e. The molecule has 0 bridgehead atoms. The van der Waals surface area contributed by atoms with E-state index in [9.17, 15) is 4.79 Å². The number of rotatable bonds is 4. The molecule has 0 aliphatic rings. The number of ether oxygens (including phenoxy) is 1. The minimum Gasteiger partial charge on any atom is -0.380 e. The molecular formula is C11H12N4O2. The number of aromatic nitrogens is 4. The predicted molar refractivity (Wildman–Crippen MR) is 59.4 cm³/mol. The van der Waals surface area contributed by atoms with Crippen LogP contribution >= 0.6 is 0 Å². The highest BCUT2D eigenvalue weighted by Crippen LogP contribution is 2.10. The molecular weight excluding hydrogens is 220 g/mol. The molecule has 0 aliphatic heterocycles. The van der Waals surface area contributed by atoms with Crippen molar-refractivity contribution in [1.82, 2.24) is 20.2 Å². The van der Waals surface area contributed by atoms with E-state index >= 15 is 0 Å². The molecule has 0 N–H and O–H groups in total. The highest BCUT2D eigenvalue weighted by molar-refractivity contribution is 6.06. The first-order valence-corrected chi connectivity index (χ1v) is 5.07. The van der Waals surface area contributed by atoms with Crippen LogP contribution in [0.1, 0.15) is 21.7 Å². The quantitative estimate of drug-likeness (QED) is 0.721. The van der Waals surface area contributed by atoms with Crippen LogP contribution in [0.5, 0.6) is 0 Å². The summed E-state index contributed by atoms with van der Waals surface area (Å²) < 4.78 is 6.37. The number of aryl methyl sites for hydroxylation is 1. The summed E-state index contributed by atoms with van der Waals surface area (Å²) >= 11 is 0. The Balaban J connectivity index is 2.31. The monoisotopic (exact) mass is 232 g/mol. The lowest BCUT2D eigenvalue weighted by molar-refractivity contribution is 0.102. The van der Waals surface area contributed by atoms with Crippen LogP contribution in [0.4, 0.5) is 0 Å². The van der Waals surface area contributed by atoms with Gasteiger partial charge in [0, 0.05) is 19.7 Å². The highest BCUT2D eigenvalue weighted by Gasteiger charge is 2.15. The van der Waals surface area contributed by atoms with E-state index in [1.807, 2.05) is 12.1 Å². The zero-order valence-corrected chi connectivity index (χ0v) is 9.62. The Kier molecular flexibility index (Phi) is 3.24. The molecule has 6 nitrogen and oxygen atoms in total. The predicted octanol–water partition coefficient (Wildman–Crippen LogP) is 0.587. The second-order valence-corrected chi connectivity index (χ2v) is 3.59. The molecule has 2 aromatic rings. The van der Waals surface area contributed by atoms with Crippen molar-refractivity contribution in [1.29, 1.82) is 0 Å². The van der Waals surface area contributed by atoms with Crippen molar-refractivity contribution in [2.45, 2.75) is 6.61 Å². The zero-order chi connectivity index (χ0) is 12.3. The number of hydrogen-bond donors (Lipinski definition) is 0. The van der Waals surface area contributed by atoms with Gasteiger partial charge in [0.05, 0.1) is 6.61 Å². The summed E-state index contributed by atoms with van der Waals surface area (Å²) in [4.78, 5) is 12.1. The number of methoxy groups -OCH3 is 1. The van der Waals surface area contributed by atoms with Crippen molar-refractivity contribution in [2.75, 3.05) is 7.11 Å². The Morgan fingerprint density at radius 3 is 2.94 bits per heavy atom. The maximum Gasteiger partial charge on any atom is 0.231 e. The molecule has 2 rings (SSSR count). The molecule has 0 saturated carbocycles. The van der Waals surface area contributed by atoms with E-state index in [1.165, 1.54) is 4.68 Å². The molecule has 0 aliphatic carbocycles. The van der Waals surface area contributed by atoms with E-state index in [-0.39, 0.29) is 11.6 Å². The number of ketones is 1. The van der Waals surface area contributed by atoms with Gasteiger partial charge in [0.25, 0.3) is 0 Å². The van der Waals surface area contributed by atoms with Crippen molar-refractivity contribution in [3.05, 3.63) is 41.2 Å². The Hall–Kier alpha value is -2.08. The molecule has 1 heterocycles. The summed E-state index contributed by atoms with van der Waals surface area (Å²) in [7, 11) is 3.24. The first-order valence-electron chi connectivity index (χ1n) is 5.07. The van der Waals surface area contributed by atoms with Crippen LogP contribution in [0.2, 0.25) is 0 Å². The molecule has 0 radical (unpaired) electrons. The fraction of sp³-hybridized carbons (Fsp3) is 0.273. The summed E-state index contributed by atoms with van der Waals surface area (Å²) in [5.74, 6) is 0.0232. The minimum absolute atomic E-state index is 0.199. The van der Waals surface area contributed by atoms with E-state index in [4.69, 9.17) is 4.74 Å². The van der Waals surface area contributed by atoms with E-state index in [1.54, 1.807) is 26.3 Å². The van der Waals surface area contributed by atoms with Gasteiger partial charge >= 0.3 is 0 Å². The molecule has 1 aromatic heterocycles. The molecule has 6 heteroatoms. The standard InChI is InChI=1S/C11H12N4O2/c1-15-11(12-13-14-15)10(16)9-5-3-4-8(6-9)7-17-2/h3-6H,7H2,1-2H3. The maximum atomic E-state index is 12.1. The average Bonchev–Trinajstić information content (AvgIpc) is 2.75. The van der Waals surface area contributed by atoms with Gasteiger partial charge in [-0.05, 0) is 22.1 Å². The Bertz CT molecular complexity index is 536. The third kappa shape index (κ3) is 2.36. The highest BCUT2D eigenvalue weighted by atomic mass is 16.5. The van der Waals surface area contributed by atoms with Crippen LogP contribution in [0.25, 0.3) is 0 Å². The molecule has 0 unspecified atom stereocenters. The lowest BCUT2D eigenvalue weighted by atomic mass is 10.1. The maximum absolute atomic E-state index is 12.1. The van der Waals surface area contributed by atoms with Crippen LogP contribution in [0.3, 0.4) is 0 Å². The van der Waals surface area contributed by atoms with Crippen LogP contribution in [0.15, 0.2) is 24.3 Å². The van der Waals surface area contributed by atoms with Crippen LogP contribution in [-0.2, 0) is 18.4 Å². The number of hydrogen-bond acceptors (Lipinski definition) is 5. The third-order valence-corrected chi connectivity index (χ3v) is 2.32. The van der Waals surface area contributed by atoms with Gasteiger partial charge in [-0.3, -0.25) is 4.79 Å². The summed E-state index contributed by atoms with van der Waals surface area (Å²) in [5, 5.41) is 10.8. The van der Waals surface area contributed by atoms with Crippen LogP contribution in [-0.4, -0.2) is 33.1 Å². The summed E-state index contributed by atoms with van der Waals surface area (Å²) in [6.07, 6.45) is 0. The van der Waals surface area contributed by atoms with Gasteiger partial charge in [-0.15, -0.1) is 5.10 Å². The molecule has 0 spiro atoms. The zero-order valence-electron chi connectivity index (χ0n) is 9.62. The second kappa shape index (κ2) is 4.84. The summed E-state index contributed by atoms with van der Waals surface area (Å²) in [6.45, 7) is 0.470. The minimum atomic E-state index is -0.199. The fourth-order valence-electron chi connectivity index (χ4n) is 1.52. The van der Waals surface area contributed by atoms with Gasteiger partial charge in [0.15, 0.2) is 0 Å². The Morgan fingerprint density at radius 2 is 2.29 bits per heavy atom. The number of carbonyl (C=O) groups excluding carboxylic acids is 1. The third-order valence-electron chi connectivity index (χ3n) is 2.32. The molecule has 0 amide bonds. The number of benzene rings is 1. The van der Waals surface area contributed by atoms with Gasteiger partial charge in [0.2, 0.25) is 11.6 Å². The van der Waals surface area contributed by atoms with Crippen LogP contribution in [0, 0.1) is 0 Å². The molecule has 0 saturated heterocycles. The lowest BCUT2D eigenvalue weighted by Gasteiger charge is -2.02. The normalized spacial score (nSPS) is 10.5. The molecule has 0 fully saturated rings. The summed E-state index contributed by atoms with van der Waals surface area (Å²) in [5.41, 5.74) is 1.49. The van der Waals surface area contributed by atoms with Gasteiger partial charge < -0.3 is 4.74 Å². The average molecular weight is 232 g/mol. The first-order chi connectivity index (χ1) is 8.22. The van der Waals surface area contributed by atoms with E-state index < -0.39 is 0 Å². The lowest BCUT2D eigenvalue weighted by Crippen LogP contribution is -2.10. The molecule has 17 heavy (non-hydrogen) atoms. The topological polar surface area (TPSA) is 69.9 Å². The Labute approximate surface area is 98.2 Å². The number of carbonyl (C=O) groups is 1. The second-order valence-electron chi connectivity index (χ2n) is 3.59. The number of tetrazole rings is 1. The number of nitrogens with zero attached hydrogens (tertiary/aromatic N) is 4. The van der Waals surface area contributed by atoms with Crippen molar-refractivity contribution >= 4 is 5.78 Å². The Morgan fingerprint density at radius 1 is 1.47 bits per heavy atom. The van der Waals surface area contributed by atoms with E-state index in [0.29, 0.717) is 12.2 Å². The van der Waals surface area contributed by atoms with Crippen molar-refractivity contribution in [3.63, 3.8) is 0 Å². The summed E-state index contributed by atoms with van der Waals surface area (Å²) in [6, 6.07) is 7.22. The van der Waals surface area contributed by atoms with Gasteiger partial charge in [-0.2, -0.15) is 0 Å². The first kappa shape index (κ1) is 11.4. The van der Waals surface area contributed by atoms with Crippen molar-refractivity contribution < 1.29 is 9.53 Å². The van der Waals surface area contributed by atoms with Crippen molar-refractivity contribution in [3.8, 4) is 0 Å². The van der Waals surface area contributed by atoms with Crippen LogP contribution < -0.4 is 0 Å². The van der Waals surface area contributed by atoms with Crippen molar-refractivity contribution in [2.24, 2.45) is 7.05 Å². The van der Waals surface area contributed by atoms with Gasteiger partial charge in [-0.25, -0.2) is 4.68 Å². The largest absolute Gasteiger partial charge is 0.380 e. The van der Waals surface area contributed by atoms with E-state index in [2.05, 4.69) is 15.5 Å². The van der Waals surface area contributed by atoms with Gasteiger partial charge in [0.1, 0.15) is 0 Å². The van der Waals surface area contributed by atoms with E-state index in [0.717, 1.165) is 5.56 Å². The molecule has 0 atom stereocenters. The van der Waals surface area contributed by atoms with Gasteiger partial charge in [-0.1, -0.05) is 18.2 Å². The molecule has 88 valence electrons. The molecule has 1 aromatic carbocycles.